The van der Waals surface area contributed by atoms with Gasteiger partial charge >= 0.3 is 0 Å². The highest BCUT2D eigenvalue weighted by Crippen LogP contribution is 2.60. The molecule has 4 aliphatic carbocycles. The third-order valence-electron chi connectivity index (χ3n) is 6.78. The molecule has 0 aromatic rings. The molecule has 0 aromatic heterocycles. The molecular formula is C20H24O. The molecular weight excluding hydrogens is 256 g/mol. The second-order valence-corrected chi connectivity index (χ2v) is 7.49. The summed E-state index contributed by atoms with van der Waals surface area (Å²) in [6, 6.07) is 0. The van der Waals surface area contributed by atoms with Crippen LogP contribution < -0.4 is 0 Å². The zero-order valence-corrected chi connectivity index (χ0v) is 12.8. The molecule has 21 heavy (non-hydrogen) atoms. The number of fused-ring (bicyclic) bond motifs is 5. The number of carbonyl (C=O) groups excluding carboxylic acids is 1. The highest BCUT2D eigenvalue weighted by Gasteiger charge is 2.51. The Hall–Kier alpha value is -1.37. The van der Waals surface area contributed by atoms with Crippen molar-refractivity contribution in [1.29, 1.82) is 0 Å². The van der Waals surface area contributed by atoms with E-state index in [4.69, 9.17) is 0 Å². The lowest BCUT2D eigenvalue weighted by molar-refractivity contribution is -0.110. The van der Waals surface area contributed by atoms with E-state index in [-0.39, 0.29) is 11.2 Å². The summed E-state index contributed by atoms with van der Waals surface area (Å²) in [4.78, 5) is 11.7. The van der Waals surface area contributed by atoms with Crippen molar-refractivity contribution in [2.45, 2.75) is 39.0 Å². The standard InChI is InChI=1S/C20H24O/c1-3-13-4-6-17-16(13)8-9-19-18(17)7-5-14-12-15(21)10-11-20(14,19)2/h3-4,10-12,16-19H,1,5-9H2,2H3/t16?,17?,18?,19?,20-/m0/s1. The predicted molar refractivity (Wildman–Crippen MR) is 85.7 cm³/mol. The van der Waals surface area contributed by atoms with Gasteiger partial charge in [0, 0.05) is 5.41 Å². The number of allylic oxidation sites excluding steroid dienone is 7. The van der Waals surface area contributed by atoms with Gasteiger partial charge in [-0.05, 0) is 73.5 Å². The Morgan fingerprint density at radius 3 is 2.95 bits per heavy atom. The monoisotopic (exact) mass is 280 g/mol. The van der Waals surface area contributed by atoms with E-state index in [1.165, 1.54) is 36.8 Å². The zero-order chi connectivity index (χ0) is 14.6. The van der Waals surface area contributed by atoms with Gasteiger partial charge in [-0.1, -0.05) is 37.3 Å². The van der Waals surface area contributed by atoms with Crippen LogP contribution in [0.15, 0.2) is 48.1 Å². The van der Waals surface area contributed by atoms with Crippen molar-refractivity contribution in [3.8, 4) is 0 Å². The molecule has 0 amide bonds. The highest BCUT2D eigenvalue weighted by atomic mass is 16.1. The number of carbonyl (C=O) groups is 1. The molecule has 0 heterocycles. The molecule has 1 nitrogen and oxygen atoms in total. The van der Waals surface area contributed by atoms with Gasteiger partial charge in [0.15, 0.2) is 5.78 Å². The molecule has 110 valence electrons. The minimum absolute atomic E-state index is 0.138. The number of hydrogen-bond donors (Lipinski definition) is 0. The van der Waals surface area contributed by atoms with E-state index in [1.54, 1.807) is 6.08 Å². The number of hydrogen-bond acceptors (Lipinski definition) is 1. The fraction of sp³-hybridized carbons (Fsp3) is 0.550. The van der Waals surface area contributed by atoms with E-state index in [0.29, 0.717) is 0 Å². The quantitative estimate of drug-likeness (QED) is 0.684. The average Bonchev–Trinajstić information content (AvgIpc) is 2.91. The Kier molecular flexibility index (Phi) is 2.89. The van der Waals surface area contributed by atoms with E-state index >= 15 is 0 Å². The third-order valence-corrected chi connectivity index (χ3v) is 6.78. The van der Waals surface area contributed by atoms with Crippen LogP contribution >= 0.6 is 0 Å². The first kappa shape index (κ1) is 13.3. The van der Waals surface area contributed by atoms with E-state index in [0.717, 1.165) is 30.1 Å². The Bertz CT molecular complexity index is 591. The molecule has 0 bridgehead atoms. The van der Waals surface area contributed by atoms with Gasteiger partial charge < -0.3 is 0 Å². The highest BCUT2D eigenvalue weighted by molar-refractivity contribution is 6.01. The van der Waals surface area contributed by atoms with Crippen LogP contribution in [0.4, 0.5) is 0 Å². The fourth-order valence-electron chi connectivity index (χ4n) is 5.72. The zero-order valence-electron chi connectivity index (χ0n) is 12.8. The van der Waals surface area contributed by atoms with Gasteiger partial charge in [-0.15, -0.1) is 0 Å². The lowest BCUT2D eigenvalue weighted by atomic mass is 9.51. The van der Waals surface area contributed by atoms with Gasteiger partial charge in [-0.25, -0.2) is 0 Å². The summed E-state index contributed by atoms with van der Waals surface area (Å²) in [5.74, 6) is 3.30. The van der Waals surface area contributed by atoms with Gasteiger partial charge in [0.1, 0.15) is 0 Å². The van der Waals surface area contributed by atoms with Crippen molar-refractivity contribution in [1.82, 2.24) is 0 Å². The first-order valence-corrected chi connectivity index (χ1v) is 8.40. The number of ketones is 1. The van der Waals surface area contributed by atoms with Crippen molar-refractivity contribution in [3.05, 3.63) is 48.1 Å². The topological polar surface area (TPSA) is 17.1 Å². The molecule has 0 aromatic carbocycles. The van der Waals surface area contributed by atoms with Crippen LogP contribution in [0.5, 0.6) is 0 Å². The van der Waals surface area contributed by atoms with E-state index in [1.807, 2.05) is 6.08 Å². The van der Waals surface area contributed by atoms with Crippen molar-refractivity contribution in [3.63, 3.8) is 0 Å². The Morgan fingerprint density at radius 1 is 1.29 bits per heavy atom. The van der Waals surface area contributed by atoms with Gasteiger partial charge in [-0.3, -0.25) is 4.79 Å². The summed E-state index contributed by atoms with van der Waals surface area (Å²) in [5.41, 5.74) is 3.03. The molecule has 1 heteroatoms. The van der Waals surface area contributed by atoms with Crippen LogP contribution in [-0.2, 0) is 4.79 Å². The minimum atomic E-state index is 0.138. The van der Waals surface area contributed by atoms with Gasteiger partial charge in [-0.2, -0.15) is 0 Å². The van der Waals surface area contributed by atoms with E-state index in [2.05, 4.69) is 31.7 Å². The molecule has 4 unspecified atom stereocenters. The second kappa shape index (κ2) is 4.56. The molecule has 4 aliphatic rings. The summed E-state index contributed by atoms with van der Waals surface area (Å²) in [6.07, 6.45) is 16.7. The van der Waals surface area contributed by atoms with Crippen molar-refractivity contribution in [2.75, 3.05) is 0 Å². The molecule has 0 spiro atoms. The molecule has 4 rings (SSSR count). The van der Waals surface area contributed by atoms with Crippen LogP contribution in [0.25, 0.3) is 0 Å². The average molecular weight is 280 g/mol. The minimum Gasteiger partial charge on any atom is -0.290 e. The number of rotatable bonds is 1. The smallest absolute Gasteiger partial charge is 0.178 e. The first-order chi connectivity index (χ1) is 10.1. The lowest BCUT2D eigenvalue weighted by Gasteiger charge is -2.53. The summed E-state index contributed by atoms with van der Waals surface area (Å²) in [6.45, 7) is 6.37. The summed E-state index contributed by atoms with van der Waals surface area (Å²) in [5, 5.41) is 0. The van der Waals surface area contributed by atoms with Crippen LogP contribution in [0.3, 0.4) is 0 Å². The summed E-state index contributed by atoms with van der Waals surface area (Å²) >= 11 is 0. The van der Waals surface area contributed by atoms with Gasteiger partial charge in [0.05, 0.1) is 0 Å². The van der Waals surface area contributed by atoms with Crippen LogP contribution in [0.2, 0.25) is 0 Å². The largest absolute Gasteiger partial charge is 0.290 e. The lowest BCUT2D eigenvalue weighted by Crippen LogP contribution is -2.45. The van der Waals surface area contributed by atoms with Crippen LogP contribution in [-0.4, -0.2) is 5.78 Å². The Morgan fingerprint density at radius 2 is 2.14 bits per heavy atom. The molecule has 5 atom stereocenters. The molecule has 0 radical (unpaired) electrons. The van der Waals surface area contributed by atoms with Gasteiger partial charge in [0.2, 0.25) is 0 Å². The Labute approximate surface area is 127 Å². The third kappa shape index (κ3) is 1.79. The first-order valence-electron chi connectivity index (χ1n) is 8.40. The second-order valence-electron chi connectivity index (χ2n) is 7.49. The van der Waals surface area contributed by atoms with Crippen LogP contribution in [0, 0.1) is 29.1 Å². The molecule has 0 saturated heterocycles. The maximum Gasteiger partial charge on any atom is 0.178 e. The van der Waals surface area contributed by atoms with E-state index < -0.39 is 0 Å². The fourth-order valence-corrected chi connectivity index (χ4v) is 5.72. The molecule has 0 N–H and O–H groups in total. The maximum absolute atomic E-state index is 11.7. The van der Waals surface area contributed by atoms with Crippen molar-refractivity contribution in [2.24, 2.45) is 29.1 Å². The van der Waals surface area contributed by atoms with Crippen molar-refractivity contribution < 1.29 is 4.79 Å². The normalized spacial score (nSPS) is 44.3. The molecule has 0 aliphatic heterocycles. The van der Waals surface area contributed by atoms with E-state index in [9.17, 15) is 4.79 Å². The summed E-state index contributed by atoms with van der Waals surface area (Å²) in [7, 11) is 0. The Balaban J connectivity index is 1.66. The predicted octanol–water partition coefficient (Wildman–Crippen LogP) is 4.63. The van der Waals surface area contributed by atoms with Crippen molar-refractivity contribution >= 4 is 5.78 Å². The molecule has 2 fully saturated rings. The van der Waals surface area contributed by atoms with Gasteiger partial charge in [0.25, 0.3) is 0 Å². The summed E-state index contributed by atoms with van der Waals surface area (Å²) < 4.78 is 0. The molecule has 2 saturated carbocycles. The van der Waals surface area contributed by atoms with Crippen LogP contribution in [0.1, 0.15) is 39.0 Å². The SMILES string of the molecule is C=CC1=CCC2C1CCC1C2CCC2=CC(=O)C=C[C@@]21C. The maximum atomic E-state index is 11.7.